The minimum absolute atomic E-state index is 0.104. The molecule has 1 fully saturated rings. The number of aromatic nitrogens is 4. The van der Waals surface area contributed by atoms with Crippen LogP contribution in [0.25, 0.3) is 22.3 Å². The van der Waals surface area contributed by atoms with Crippen molar-refractivity contribution in [2.24, 2.45) is 0 Å². The second kappa shape index (κ2) is 8.84. The Morgan fingerprint density at radius 3 is 3.00 bits per heavy atom. The summed E-state index contributed by atoms with van der Waals surface area (Å²) >= 11 is 11.4. The molecule has 0 saturated carbocycles. The van der Waals surface area contributed by atoms with Gasteiger partial charge in [-0.25, -0.2) is 15.0 Å². The van der Waals surface area contributed by atoms with E-state index in [0.29, 0.717) is 22.8 Å². The smallest absolute Gasteiger partial charge is 0.258 e. The number of nitrogens with one attached hydrogen (secondary N) is 1. The molecular formula is C23H19BrClN5OS. The molecule has 162 valence electrons. The van der Waals surface area contributed by atoms with Crippen molar-refractivity contribution in [3.8, 4) is 11.3 Å². The first-order valence-electron chi connectivity index (χ1n) is 10.2. The van der Waals surface area contributed by atoms with Crippen molar-refractivity contribution in [1.82, 2.24) is 24.8 Å². The van der Waals surface area contributed by atoms with E-state index >= 15 is 0 Å². The number of amides is 1. The van der Waals surface area contributed by atoms with Gasteiger partial charge in [-0.1, -0.05) is 23.7 Å². The number of carbonyl (C=O) groups is 1. The number of H-pyrrole nitrogens is 1. The highest BCUT2D eigenvalue weighted by molar-refractivity contribution is 9.10. The third-order valence-electron chi connectivity index (χ3n) is 5.68. The van der Waals surface area contributed by atoms with Crippen molar-refractivity contribution in [2.45, 2.75) is 23.8 Å². The Balaban J connectivity index is 1.52. The van der Waals surface area contributed by atoms with Gasteiger partial charge in [0.05, 0.1) is 27.8 Å². The number of imidazole rings is 1. The summed E-state index contributed by atoms with van der Waals surface area (Å²) in [5.74, 6) is 0.713. The number of benzene rings is 2. The summed E-state index contributed by atoms with van der Waals surface area (Å²) in [6.45, 7) is 0.658. The van der Waals surface area contributed by atoms with Gasteiger partial charge in [0.25, 0.3) is 5.91 Å². The van der Waals surface area contributed by atoms with Crippen molar-refractivity contribution < 1.29 is 4.79 Å². The third kappa shape index (κ3) is 3.80. The molecule has 1 unspecified atom stereocenters. The van der Waals surface area contributed by atoms with Crippen LogP contribution in [0, 0.1) is 0 Å². The molecule has 3 heterocycles. The molecule has 1 aliphatic heterocycles. The van der Waals surface area contributed by atoms with E-state index < -0.39 is 0 Å². The van der Waals surface area contributed by atoms with Gasteiger partial charge < -0.3 is 9.88 Å². The first-order valence-corrected chi connectivity index (χ1v) is 12.6. The maximum atomic E-state index is 13.7. The first kappa shape index (κ1) is 21.4. The number of nitrogens with zero attached hydrogens (tertiary/aromatic N) is 4. The summed E-state index contributed by atoms with van der Waals surface area (Å²) in [6.07, 6.45) is 6.84. The molecule has 9 heteroatoms. The minimum Gasteiger partial charge on any atom is -0.340 e. The average molecular weight is 529 g/mol. The van der Waals surface area contributed by atoms with E-state index in [1.165, 1.54) is 6.33 Å². The Bertz CT molecular complexity index is 1330. The largest absolute Gasteiger partial charge is 0.340 e. The fourth-order valence-electron chi connectivity index (χ4n) is 4.16. The Morgan fingerprint density at radius 1 is 1.31 bits per heavy atom. The van der Waals surface area contributed by atoms with Crippen LogP contribution in [0.3, 0.4) is 0 Å². The van der Waals surface area contributed by atoms with Gasteiger partial charge in [0, 0.05) is 27.7 Å². The molecule has 4 aromatic rings. The Kier molecular flexibility index (Phi) is 5.92. The highest BCUT2D eigenvalue weighted by atomic mass is 79.9. The predicted molar refractivity (Wildman–Crippen MR) is 131 cm³/mol. The summed E-state index contributed by atoms with van der Waals surface area (Å²) in [7, 11) is 0. The maximum Gasteiger partial charge on any atom is 0.258 e. The predicted octanol–water partition coefficient (Wildman–Crippen LogP) is 6.14. The lowest BCUT2D eigenvalue weighted by Gasteiger charge is -2.24. The van der Waals surface area contributed by atoms with Gasteiger partial charge in [0.1, 0.15) is 17.7 Å². The monoisotopic (exact) mass is 527 g/mol. The number of likely N-dealkylation sites (tertiary alicyclic amines) is 1. The van der Waals surface area contributed by atoms with Crippen LogP contribution in [0.15, 0.2) is 58.3 Å². The summed E-state index contributed by atoms with van der Waals surface area (Å²) in [5.41, 5.74) is 3.73. The molecule has 32 heavy (non-hydrogen) atoms. The highest BCUT2D eigenvalue weighted by Crippen LogP contribution is 2.36. The van der Waals surface area contributed by atoms with Crippen molar-refractivity contribution in [3.05, 3.63) is 69.8 Å². The molecule has 2 aromatic carbocycles. The normalized spacial score (nSPS) is 16.1. The van der Waals surface area contributed by atoms with Crippen molar-refractivity contribution in [2.75, 3.05) is 12.8 Å². The first-order chi connectivity index (χ1) is 15.6. The molecule has 1 saturated heterocycles. The van der Waals surface area contributed by atoms with E-state index in [0.717, 1.165) is 44.6 Å². The Labute approximate surface area is 202 Å². The van der Waals surface area contributed by atoms with Gasteiger partial charge >= 0.3 is 0 Å². The lowest BCUT2D eigenvalue weighted by atomic mass is 10.1. The summed E-state index contributed by atoms with van der Waals surface area (Å²) in [4.78, 5) is 33.5. The molecular weight excluding hydrogens is 510 g/mol. The topological polar surface area (TPSA) is 74.8 Å². The van der Waals surface area contributed by atoms with Crippen molar-refractivity contribution in [1.29, 1.82) is 0 Å². The maximum absolute atomic E-state index is 13.7. The number of rotatable bonds is 4. The van der Waals surface area contributed by atoms with Gasteiger partial charge in [0.15, 0.2) is 0 Å². The molecule has 6 nitrogen and oxygen atoms in total. The van der Waals surface area contributed by atoms with Crippen LogP contribution in [-0.4, -0.2) is 43.5 Å². The number of thioether (sulfide) groups is 1. The Morgan fingerprint density at radius 2 is 2.19 bits per heavy atom. The molecule has 0 spiro atoms. The number of carbonyl (C=O) groups excluding carboxylic acids is 1. The van der Waals surface area contributed by atoms with E-state index in [1.54, 1.807) is 24.0 Å². The number of halogens is 2. The van der Waals surface area contributed by atoms with Gasteiger partial charge in [-0.3, -0.25) is 4.79 Å². The molecule has 1 amide bonds. The number of hydrogen-bond acceptors (Lipinski definition) is 5. The second-order valence-electron chi connectivity index (χ2n) is 7.55. The minimum atomic E-state index is -0.119. The third-order valence-corrected chi connectivity index (χ3v) is 7.68. The lowest BCUT2D eigenvalue weighted by Crippen LogP contribution is -2.31. The van der Waals surface area contributed by atoms with Crippen LogP contribution in [0.2, 0.25) is 5.02 Å². The molecule has 1 aliphatic rings. The molecule has 0 radical (unpaired) electrons. The van der Waals surface area contributed by atoms with Crippen LogP contribution < -0.4 is 0 Å². The molecule has 0 aliphatic carbocycles. The highest BCUT2D eigenvalue weighted by Gasteiger charge is 2.34. The molecule has 5 rings (SSSR count). The van der Waals surface area contributed by atoms with Gasteiger partial charge in [-0.15, -0.1) is 11.8 Å². The van der Waals surface area contributed by atoms with Gasteiger partial charge in [-0.05, 0) is 59.3 Å². The average Bonchev–Trinajstić information content (AvgIpc) is 3.47. The molecule has 1 atom stereocenters. The quantitative estimate of drug-likeness (QED) is 0.322. The van der Waals surface area contributed by atoms with E-state index in [2.05, 4.69) is 36.9 Å². The van der Waals surface area contributed by atoms with Crippen LogP contribution in [0.4, 0.5) is 0 Å². The van der Waals surface area contributed by atoms with Gasteiger partial charge in [0.2, 0.25) is 0 Å². The number of aromatic amines is 1. The van der Waals surface area contributed by atoms with Crippen molar-refractivity contribution >= 4 is 56.2 Å². The lowest BCUT2D eigenvalue weighted by molar-refractivity contribution is 0.0730. The fourth-order valence-corrected chi connectivity index (χ4v) is 5.15. The van der Waals surface area contributed by atoms with Crippen molar-refractivity contribution in [3.63, 3.8) is 0 Å². The van der Waals surface area contributed by atoms with E-state index in [1.807, 2.05) is 35.4 Å². The van der Waals surface area contributed by atoms with Gasteiger partial charge in [-0.2, -0.15) is 0 Å². The number of hydrogen-bond donors (Lipinski definition) is 1. The van der Waals surface area contributed by atoms with Crippen LogP contribution in [0.1, 0.15) is 35.1 Å². The second-order valence-corrected chi connectivity index (χ2v) is 9.66. The number of para-hydroxylation sites is 1. The SMILES string of the molecule is CSc1cccc2[nH]c(C3CCCN3C(=O)c3cncnc3-c3ccc(Br)c(Cl)c3)nc12. The zero-order valence-electron chi connectivity index (χ0n) is 17.2. The van der Waals surface area contributed by atoms with Crippen LogP contribution in [0.5, 0.6) is 0 Å². The summed E-state index contributed by atoms with van der Waals surface area (Å²) < 4.78 is 0.791. The zero-order chi connectivity index (χ0) is 22.2. The van der Waals surface area contributed by atoms with E-state index in [4.69, 9.17) is 16.6 Å². The summed E-state index contributed by atoms with van der Waals surface area (Å²) in [5, 5.41) is 0.561. The van der Waals surface area contributed by atoms with E-state index in [9.17, 15) is 4.79 Å². The summed E-state index contributed by atoms with van der Waals surface area (Å²) in [6, 6.07) is 11.5. The standard InChI is InChI=1S/C23H19BrClN5OS/c1-32-19-6-2-4-17-21(19)29-22(28-17)18-5-3-9-30(18)23(31)14-11-26-12-27-20(14)13-7-8-15(24)16(25)10-13/h2,4,6-8,10-12,18H,3,5,9H2,1H3,(H,28,29). The zero-order valence-corrected chi connectivity index (χ0v) is 20.3. The van der Waals surface area contributed by atoms with E-state index in [-0.39, 0.29) is 11.9 Å². The Hall–Kier alpha value is -2.42. The van der Waals surface area contributed by atoms with Crippen LogP contribution in [-0.2, 0) is 0 Å². The molecule has 0 bridgehead atoms. The molecule has 1 N–H and O–H groups in total. The number of fused-ring (bicyclic) bond motifs is 1. The fraction of sp³-hybridized carbons (Fsp3) is 0.217. The molecule has 2 aromatic heterocycles. The van der Waals surface area contributed by atoms with Crippen LogP contribution >= 0.6 is 39.3 Å².